The second kappa shape index (κ2) is 7.98. The first-order valence-corrected chi connectivity index (χ1v) is 8.78. The molecule has 0 fully saturated rings. The Hall–Kier alpha value is -2.24. The van der Waals surface area contributed by atoms with Gasteiger partial charge >= 0.3 is 0 Å². The van der Waals surface area contributed by atoms with Gasteiger partial charge in [-0.05, 0) is 46.9 Å². The maximum absolute atomic E-state index is 14.3. The highest BCUT2D eigenvalue weighted by atomic mass is 127. The quantitative estimate of drug-likeness (QED) is 0.293. The number of aryl methyl sites for hydroxylation is 1. The number of amides is 1. The van der Waals surface area contributed by atoms with E-state index < -0.39 is 11.7 Å². The van der Waals surface area contributed by atoms with Crippen LogP contribution in [0.1, 0.15) is 10.5 Å². The zero-order chi connectivity index (χ0) is 18.7. The van der Waals surface area contributed by atoms with Crippen LogP contribution in [0.15, 0.2) is 36.7 Å². The Morgan fingerprint density at radius 2 is 2.23 bits per heavy atom. The lowest BCUT2D eigenvalue weighted by Gasteiger charge is -2.11. The highest BCUT2D eigenvalue weighted by Crippen LogP contribution is 2.33. The molecule has 2 heterocycles. The van der Waals surface area contributed by atoms with Crippen molar-refractivity contribution in [3.05, 3.63) is 51.7 Å². The molecule has 0 saturated heterocycles. The van der Waals surface area contributed by atoms with Gasteiger partial charge in [-0.15, -0.1) is 0 Å². The molecule has 0 aliphatic heterocycles. The van der Waals surface area contributed by atoms with Crippen LogP contribution in [0.25, 0.3) is 10.9 Å². The fraction of sp³-hybridized carbons (Fsp3) is 0.176. The maximum atomic E-state index is 14.3. The minimum atomic E-state index is -0.523. The molecule has 0 aliphatic rings. The largest absolute Gasteiger partial charge is 0.394 e. The molecule has 0 radical (unpaired) electrons. The molecule has 0 aliphatic carbocycles. The summed E-state index contributed by atoms with van der Waals surface area (Å²) >= 11 is 2.02. The average Bonchev–Trinajstić information content (AvgIpc) is 2.90. The van der Waals surface area contributed by atoms with Crippen LogP contribution in [-0.2, 0) is 11.9 Å². The molecule has 7 nitrogen and oxygen atoms in total. The molecule has 3 N–H and O–H groups in total. The fourth-order valence-corrected chi connectivity index (χ4v) is 3.07. The Labute approximate surface area is 162 Å². The normalized spacial score (nSPS) is 10.9. The summed E-state index contributed by atoms with van der Waals surface area (Å²) in [5.74, 6) is -0.953. The van der Waals surface area contributed by atoms with Crippen LogP contribution in [0.4, 0.5) is 15.8 Å². The van der Waals surface area contributed by atoms with Gasteiger partial charge in [-0.2, -0.15) is 0 Å². The number of fused-ring (bicyclic) bond motifs is 1. The second-order valence-electron chi connectivity index (χ2n) is 5.43. The number of benzene rings is 1. The smallest absolute Gasteiger partial charge is 0.293 e. The van der Waals surface area contributed by atoms with Gasteiger partial charge in [0.05, 0.1) is 30.1 Å². The molecular formula is C17H16FIN4O3. The monoisotopic (exact) mass is 470 g/mol. The van der Waals surface area contributed by atoms with Crippen molar-refractivity contribution in [3.8, 4) is 0 Å². The van der Waals surface area contributed by atoms with Crippen molar-refractivity contribution in [1.29, 1.82) is 0 Å². The molecule has 2 aromatic heterocycles. The summed E-state index contributed by atoms with van der Waals surface area (Å²) in [4.78, 5) is 21.6. The molecule has 0 spiro atoms. The Kier molecular flexibility index (Phi) is 5.69. The standard InChI is InChI=1S/C17H16FIN4O3/c1-23-14-4-5-20-9-11(14)15(16(23)17(25)22-26-7-6-24)21-13-3-2-10(19)8-12(13)18/h2-5,8-9,21,24H,6-7H2,1H3,(H,22,25). The van der Waals surface area contributed by atoms with Crippen LogP contribution in [0, 0.1) is 9.39 Å². The number of hydrogen-bond acceptors (Lipinski definition) is 5. The number of aromatic nitrogens is 2. The van der Waals surface area contributed by atoms with Crippen molar-refractivity contribution in [2.24, 2.45) is 7.05 Å². The highest BCUT2D eigenvalue weighted by molar-refractivity contribution is 14.1. The number of anilines is 2. The number of hydroxylamine groups is 1. The number of aliphatic hydroxyl groups excluding tert-OH is 1. The molecule has 136 valence electrons. The van der Waals surface area contributed by atoms with E-state index in [1.807, 2.05) is 22.6 Å². The molecule has 3 aromatic rings. The van der Waals surface area contributed by atoms with Gasteiger partial charge in [0.2, 0.25) is 0 Å². The van der Waals surface area contributed by atoms with Crippen LogP contribution in [0.2, 0.25) is 0 Å². The lowest BCUT2D eigenvalue weighted by molar-refractivity contribution is 0.0163. The molecule has 0 bridgehead atoms. The summed E-state index contributed by atoms with van der Waals surface area (Å²) in [6, 6.07) is 6.53. The Bertz CT molecular complexity index is 961. The summed E-state index contributed by atoms with van der Waals surface area (Å²) in [7, 11) is 1.72. The Balaban J connectivity index is 2.07. The summed E-state index contributed by atoms with van der Waals surface area (Å²) in [5.41, 5.74) is 3.94. The number of pyridine rings is 1. The highest BCUT2D eigenvalue weighted by Gasteiger charge is 2.22. The number of halogens is 2. The molecule has 1 aromatic carbocycles. The predicted molar refractivity (Wildman–Crippen MR) is 104 cm³/mol. The zero-order valence-corrected chi connectivity index (χ0v) is 15.9. The van der Waals surface area contributed by atoms with Crippen molar-refractivity contribution >= 4 is 50.8 Å². The summed E-state index contributed by atoms with van der Waals surface area (Å²) in [5, 5.41) is 12.4. The number of nitrogens with zero attached hydrogens (tertiary/aromatic N) is 2. The van der Waals surface area contributed by atoms with Crippen LogP contribution in [0.5, 0.6) is 0 Å². The molecule has 26 heavy (non-hydrogen) atoms. The SMILES string of the molecule is Cn1c(C(=O)NOCCO)c(Nc2ccc(I)cc2F)c2cnccc21. The van der Waals surface area contributed by atoms with E-state index in [0.717, 1.165) is 9.09 Å². The first kappa shape index (κ1) is 18.5. The van der Waals surface area contributed by atoms with Gasteiger partial charge in [-0.3, -0.25) is 14.6 Å². The van der Waals surface area contributed by atoms with Gasteiger partial charge in [0.15, 0.2) is 0 Å². The fourth-order valence-electron chi connectivity index (χ4n) is 2.62. The van der Waals surface area contributed by atoms with Crippen molar-refractivity contribution in [2.45, 2.75) is 0 Å². The first-order chi connectivity index (χ1) is 12.5. The van der Waals surface area contributed by atoms with Crippen molar-refractivity contribution in [3.63, 3.8) is 0 Å². The van der Waals surface area contributed by atoms with E-state index in [-0.39, 0.29) is 24.6 Å². The van der Waals surface area contributed by atoms with Gasteiger partial charge in [-0.25, -0.2) is 9.87 Å². The van der Waals surface area contributed by atoms with Crippen LogP contribution < -0.4 is 10.8 Å². The third kappa shape index (κ3) is 3.64. The summed E-state index contributed by atoms with van der Waals surface area (Å²) in [6.45, 7) is -0.260. The molecule has 0 atom stereocenters. The van der Waals surface area contributed by atoms with Crippen LogP contribution >= 0.6 is 22.6 Å². The van der Waals surface area contributed by atoms with Gasteiger partial charge in [0.1, 0.15) is 11.5 Å². The topological polar surface area (TPSA) is 88.4 Å². The molecule has 9 heteroatoms. The number of hydrogen-bond donors (Lipinski definition) is 3. The molecule has 1 amide bonds. The number of nitrogens with one attached hydrogen (secondary N) is 2. The number of aliphatic hydroxyl groups is 1. The van der Waals surface area contributed by atoms with E-state index in [1.54, 1.807) is 42.2 Å². The van der Waals surface area contributed by atoms with E-state index in [9.17, 15) is 9.18 Å². The van der Waals surface area contributed by atoms with E-state index in [2.05, 4.69) is 15.8 Å². The number of rotatable bonds is 6. The van der Waals surface area contributed by atoms with Crippen molar-refractivity contribution < 1.29 is 19.1 Å². The third-order valence-corrected chi connectivity index (χ3v) is 4.44. The van der Waals surface area contributed by atoms with Crippen molar-refractivity contribution in [1.82, 2.24) is 15.0 Å². The van der Waals surface area contributed by atoms with Gasteiger partial charge in [-0.1, -0.05) is 0 Å². The Morgan fingerprint density at radius 3 is 2.96 bits per heavy atom. The number of carbonyl (C=O) groups excluding carboxylic acids is 1. The second-order valence-corrected chi connectivity index (χ2v) is 6.67. The number of carbonyl (C=O) groups is 1. The van der Waals surface area contributed by atoms with E-state index >= 15 is 0 Å². The predicted octanol–water partition coefficient (Wildman–Crippen LogP) is 2.71. The maximum Gasteiger partial charge on any atom is 0.293 e. The molecule has 0 saturated carbocycles. The zero-order valence-electron chi connectivity index (χ0n) is 13.8. The van der Waals surface area contributed by atoms with E-state index in [0.29, 0.717) is 11.1 Å². The van der Waals surface area contributed by atoms with Gasteiger partial charge in [0.25, 0.3) is 5.91 Å². The van der Waals surface area contributed by atoms with Crippen LogP contribution in [0.3, 0.4) is 0 Å². The molecular weight excluding hydrogens is 454 g/mol. The third-order valence-electron chi connectivity index (χ3n) is 3.77. The molecule has 3 rings (SSSR count). The summed E-state index contributed by atoms with van der Waals surface area (Å²) < 4.78 is 16.7. The van der Waals surface area contributed by atoms with Crippen molar-refractivity contribution in [2.75, 3.05) is 18.5 Å². The van der Waals surface area contributed by atoms with Crippen LogP contribution in [-0.4, -0.2) is 33.8 Å². The first-order valence-electron chi connectivity index (χ1n) is 7.70. The minimum Gasteiger partial charge on any atom is -0.394 e. The van der Waals surface area contributed by atoms with E-state index in [1.165, 1.54) is 6.07 Å². The molecule has 0 unspecified atom stereocenters. The Morgan fingerprint density at radius 1 is 1.42 bits per heavy atom. The lowest BCUT2D eigenvalue weighted by atomic mass is 10.2. The summed E-state index contributed by atoms with van der Waals surface area (Å²) in [6.07, 6.45) is 3.22. The van der Waals surface area contributed by atoms with Gasteiger partial charge < -0.3 is 15.0 Å². The van der Waals surface area contributed by atoms with E-state index in [4.69, 9.17) is 9.94 Å². The van der Waals surface area contributed by atoms with Gasteiger partial charge in [0, 0.05) is 28.4 Å². The average molecular weight is 470 g/mol. The minimum absolute atomic E-state index is 0.0360. The lowest BCUT2D eigenvalue weighted by Crippen LogP contribution is -2.27.